The molecule has 5 aromatic rings. The van der Waals surface area contributed by atoms with Crippen molar-refractivity contribution in [3.8, 4) is 0 Å². The molecule has 261 valence electrons. The van der Waals surface area contributed by atoms with E-state index in [2.05, 4.69) is 103 Å². The molecule has 0 fully saturated rings. The van der Waals surface area contributed by atoms with Gasteiger partial charge in [-0.3, -0.25) is 0 Å². The minimum Gasteiger partial charge on any atom is -0.418 e. The zero-order valence-electron chi connectivity index (χ0n) is 28.2. The number of hydrogen-bond acceptors (Lipinski definition) is 0. The Morgan fingerprint density at radius 1 is 0.540 bits per heavy atom. The molecule has 0 N–H and O–H groups in total. The maximum Gasteiger partial charge on any atom is 0.673 e. The van der Waals surface area contributed by atoms with Crippen LogP contribution < -0.4 is 0 Å². The molecular weight excluding hydrogens is 756 g/mol. The zero-order chi connectivity index (χ0) is 34.3. The summed E-state index contributed by atoms with van der Waals surface area (Å²) in [7, 11) is -4.71. The normalized spacial score (nSPS) is 16.8. The first-order chi connectivity index (χ1) is 23.9. The van der Waals surface area contributed by atoms with E-state index in [1.54, 1.807) is 29.9 Å². The average Bonchev–Trinajstić information content (AvgIpc) is 3.45. The number of rotatable bonds is 1. The molecule has 8 rings (SSSR count). The molecule has 50 heavy (non-hydrogen) atoms. The van der Waals surface area contributed by atoms with Crippen LogP contribution in [0.25, 0.3) is 21.5 Å². The summed E-state index contributed by atoms with van der Waals surface area (Å²) in [4.78, 5) is 0. The van der Waals surface area contributed by atoms with Gasteiger partial charge in [-0.25, -0.2) is 0 Å². The predicted molar refractivity (Wildman–Crippen MR) is 211 cm³/mol. The maximum atomic E-state index is 9.75. The summed E-state index contributed by atoms with van der Waals surface area (Å²) in [6.45, 7) is 0. The van der Waals surface area contributed by atoms with Gasteiger partial charge in [-0.15, -0.1) is 0 Å². The molecule has 0 saturated carbocycles. The maximum absolute atomic E-state index is 9.75. The van der Waals surface area contributed by atoms with Gasteiger partial charge in [0.25, 0.3) is 0 Å². The number of benzene rings is 5. The molecule has 0 bridgehead atoms. The van der Waals surface area contributed by atoms with E-state index in [9.17, 15) is 17.3 Å². The molecule has 1 atom stereocenters. The van der Waals surface area contributed by atoms with Crippen molar-refractivity contribution in [3.05, 3.63) is 156 Å². The number of fused-ring (bicyclic) bond motifs is 6. The Labute approximate surface area is 310 Å². The van der Waals surface area contributed by atoms with E-state index in [0.29, 0.717) is 0 Å². The van der Waals surface area contributed by atoms with Crippen LogP contribution in [0.5, 0.6) is 0 Å². The van der Waals surface area contributed by atoms with Crippen LogP contribution in [0.2, 0.25) is 0 Å². The van der Waals surface area contributed by atoms with Crippen molar-refractivity contribution in [3.63, 3.8) is 0 Å². The molecule has 2 heterocycles. The van der Waals surface area contributed by atoms with Crippen LogP contribution in [0, 0.1) is 0 Å². The van der Waals surface area contributed by atoms with Crippen molar-refractivity contribution < 1.29 is 36.7 Å². The summed E-state index contributed by atoms with van der Waals surface area (Å²) in [6, 6.07) is 39.4. The Morgan fingerprint density at radius 3 is 1.60 bits per heavy atom. The zero-order valence-corrected chi connectivity index (χ0v) is 31.6. The summed E-state index contributed by atoms with van der Waals surface area (Å²) >= 11 is 0. The van der Waals surface area contributed by atoms with Crippen LogP contribution in [0.4, 0.5) is 17.3 Å². The monoisotopic (exact) mass is 799 g/mol. The van der Waals surface area contributed by atoms with E-state index in [4.69, 9.17) is 0 Å². The van der Waals surface area contributed by atoms with Crippen LogP contribution in [-0.4, -0.2) is 30.4 Å². The predicted octanol–water partition coefficient (Wildman–Crippen LogP) is 13.3. The number of allylic oxidation sites excluding steroid dienone is 4. The second kappa shape index (κ2) is 20.6. The van der Waals surface area contributed by atoms with Crippen LogP contribution >= 0.6 is 15.7 Å². The van der Waals surface area contributed by atoms with Crippen LogP contribution in [0.3, 0.4) is 0 Å². The fourth-order valence-electron chi connectivity index (χ4n) is 6.34. The Bertz CT molecular complexity index is 1880. The van der Waals surface area contributed by atoms with E-state index >= 15 is 0 Å². The largest absolute Gasteiger partial charge is 0.673 e. The fraction of sp³-hybridized carbons (Fsp3) is 0.238. The van der Waals surface area contributed by atoms with Crippen LogP contribution in [0.1, 0.15) is 60.8 Å². The molecule has 5 aromatic carbocycles. The molecule has 1 aliphatic carbocycles. The van der Waals surface area contributed by atoms with Crippen molar-refractivity contribution in [2.75, 3.05) is 12.3 Å². The van der Waals surface area contributed by atoms with Gasteiger partial charge >= 0.3 is 7.25 Å². The summed E-state index contributed by atoms with van der Waals surface area (Å²) in [5.74, 6) is 2.69. The number of hydrogen-bond donors (Lipinski definition) is 0. The third-order valence-corrected chi connectivity index (χ3v) is 13.0. The van der Waals surface area contributed by atoms with Crippen molar-refractivity contribution in [1.82, 2.24) is 0 Å². The first-order valence-electron chi connectivity index (χ1n) is 17.2. The summed E-state index contributed by atoms with van der Waals surface area (Å²) < 4.78 is 39.0. The molecule has 0 amide bonds. The Kier molecular flexibility index (Phi) is 16.4. The van der Waals surface area contributed by atoms with Gasteiger partial charge in [0.15, 0.2) is 5.03 Å². The minimum atomic E-state index is -6.00. The third-order valence-electron chi connectivity index (χ3n) is 8.57. The molecule has 3 aliphatic rings. The van der Waals surface area contributed by atoms with Gasteiger partial charge < -0.3 is 17.3 Å². The van der Waals surface area contributed by atoms with E-state index < -0.39 is 7.25 Å². The first-order valence-corrected chi connectivity index (χ1v) is 19.9. The molecule has 1 unspecified atom stereocenters. The number of aryl methyl sites for hydroxylation is 2. The molecule has 0 aromatic heterocycles. The molecule has 1 radical (unpaired) electrons. The third kappa shape index (κ3) is 12.3. The van der Waals surface area contributed by atoms with Gasteiger partial charge in [-0.2, -0.15) is 0 Å². The molecule has 0 saturated heterocycles. The van der Waals surface area contributed by atoms with Gasteiger partial charge in [0.1, 0.15) is 19.5 Å². The quantitative estimate of drug-likeness (QED) is 0.0686. The average molecular weight is 799 g/mol. The van der Waals surface area contributed by atoms with E-state index in [-0.39, 0.29) is 27.0 Å². The standard InChI is InChI=1S/C28H25P2.C8H12.C6H6.BF4.Rh/c1-3-11-24-20(7-1)13-14-22-10-6-18-30(19-26(22)24)28-27-23(9-5-17-29-28)16-15-21-8-2-4-12-25(21)27;1-2-4-6-8-7-5-3-1;1-2-4-6-5-3-1;2-1(3,4)5;/h1-4,7-8,11-16,19H,5-6,9-10,17-18H2;1-2,7-8H,3-6H2;1-6H;;/q+1;;;-1;/b;2-1+,8-7?;;;. The van der Waals surface area contributed by atoms with Gasteiger partial charge in [0, 0.05) is 30.6 Å². The van der Waals surface area contributed by atoms with Crippen LogP contribution in [0.15, 0.2) is 133 Å². The van der Waals surface area contributed by atoms with Crippen molar-refractivity contribution in [1.29, 1.82) is 0 Å². The molecular formula is C42H43BF4P2Rh. The second-order valence-corrected chi connectivity index (χ2v) is 15.8. The van der Waals surface area contributed by atoms with Crippen molar-refractivity contribution in [2.45, 2.75) is 51.4 Å². The van der Waals surface area contributed by atoms with E-state index in [0.717, 1.165) is 0 Å². The molecule has 0 spiro atoms. The van der Waals surface area contributed by atoms with Crippen molar-refractivity contribution >= 4 is 55.4 Å². The molecule has 0 nitrogen and oxygen atoms in total. The van der Waals surface area contributed by atoms with E-state index in [1.807, 2.05) is 36.4 Å². The molecule has 8 heteroatoms. The van der Waals surface area contributed by atoms with Crippen LogP contribution in [-0.2, 0) is 32.3 Å². The summed E-state index contributed by atoms with van der Waals surface area (Å²) in [6.07, 6.45) is 21.7. The Morgan fingerprint density at radius 2 is 1.02 bits per heavy atom. The molecule has 2 aliphatic heterocycles. The smallest absolute Gasteiger partial charge is 0.418 e. The topological polar surface area (TPSA) is 0 Å². The Balaban J connectivity index is 0.000000230. The summed E-state index contributed by atoms with van der Waals surface area (Å²) in [5, 5.41) is 7.40. The second-order valence-electron chi connectivity index (χ2n) is 12.2. The first kappa shape index (κ1) is 39.6. The van der Waals surface area contributed by atoms with Gasteiger partial charge in [-0.1, -0.05) is 133 Å². The van der Waals surface area contributed by atoms with E-state index in [1.165, 1.54) is 90.8 Å². The van der Waals surface area contributed by atoms with Gasteiger partial charge in [0.05, 0.1) is 0 Å². The minimum absolute atomic E-state index is 0. The number of halogens is 4. The SMILES string of the molecule is C1=CCC/C=C/CC1.C1=[P+](C2=PCCCc3ccc4ccccc4c32)CCCc2ccc3ccccc3c21.F[B-](F)(F)F.[Rh].c1ccccc1. The fourth-order valence-corrected chi connectivity index (χ4v) is 10.9. The van der Waals surface area contributed by atoms with Gasteiger partial charge in [-0.05, 0) is 98.4 Å². The summed E-state index contributed by atoms with van der Waals surface area (Å²) in [5.41, 5.74) is 6.23. The Hall–Kier alpha value is -3.15. The van der Waals surface area contributed by atoms with Gasteiger partial charge in [0.2, 0.25) is 0 Å². The van der Waals surface area contributed by atoms with Crippen molar-refractivity contribution in [2.24, 2.45) is 0 Å².